The fourth-order valence-electron chi connectivity index (χ4n) is 2.27. The number of hydrogen-bond donors (Lipinski definition) is 2. The Morgan fingerprint density at radius 1 is 0.964 bits per heavy atom. The lowest BCUT2D eigenvalue weighted by atomic mass is 10.2. The highest BCUT2D eigenvalue weighted by atomic mass is 19.2. The molecule has 9 heteroatoms. The summed E-state index contributed by atoms with van der Waals surface area (Å²) in [6.07, 6.45) is 2.50. The molecular weight excluding hydrogens is 370 g/mol. The third kappa shape index (κ3) is 4.44. The molecule has 0 atom stereocenters. The largest absolute Gasteiger partial charge is 0.465 e. The highest BCUT2D eigenvalue weighted by molar-refractivity contribution is 6.03. The second kappa shape index (κ2) is 8.21. The fraction of sp³-hybridized carbons (Fsp3) is 0.0526. The van der Waals surface area contributed by atoms with E-state index in [1.807, 2.05) is 0 Å². The molecule has 0 spiro atoms. The van der Waals surface area contributed by atoms with Crippen LogP contribution in [0.4, 0.5) is 26.0 Å². The topological polar surface area (TPSA) is 93.2 Å². The highest BCUT2D eigenvalue weighted by Gasteiger charge is 2.11. The van der Waals surface area contributed by atoms with Crippen molar-refractivity contribution in [3.05, 3.63) is 77.8 Å². The third-order valence-corrected chi connectivity index (χ3v) is 3.62. The second-order valence-electron chi connectivity index (χ2n) is 5.57. The van der Waals surface area contributed by atoms with Gasteiger partial charge in [-0.1, -0.05) is 6.07 Å². The molecule has 0 saturated carbocycles. The van der Waals surface area contributed by atoms with Gasteiger partial charge in [0.1, 0.15) is 11.5 Å². The van der Waals surface area contributed by atoms with Crippen LogP contribution in [0, 0.1) is 11.6 Å². The second-order valence-corrected chi connectivity index (χ2v) is 5.57. The van der Waals surface area contributed by atoms with Gasteiger partial charge in [0, 0.05) is 17.4 Å². The average Bonchev–Trinajstić information content (AvgIpc) is 2.71. The summed E-state index contributed by atoms with van der Waals surface area (Å²) in [5.41, 5.74) is 0.987. The summed E-state index contributed by atoms with van der Waals surface area (Å²) in [5.74, 6) is -2.77. The molecule has 0 aliphatic carbocycles. The van der Waals surface area contributed by atoms with Gasteiger partial charge in [-0.15, -0.1) is 0 Å². The smallest absolute Gasteiger partial charge is 0.337 e. The van der Waals surface area contributed by atoms with E-state index < -0.39 is 23.5 Å². The van der Waals surface area contributed by atoms with Crippen LogP contribution in [-0.4, -0.2) is 29.0 Å². The van der Waals surface area contributed by atoms with E-state index in [1.54, 1.807) is 18.2 Å². The van der Waals surface area contributed by atoms with Crippen LogP contribution in [0.2, 0.25) is 0 Å². The molecule has 0 saturated heterocycles. The first kappa shape index (κ1) is 18.9. The number of rotatable bonds is 5. The van der Waals surface area contributed by atoms with Crippen LogP contribution in [0.25, 0.3) is 0 Å². The van der Waals surface area contributed by atoms with E-state index in [2.05, 4.69) is 25.3 Å². The lowest BCUT2D eigenvalue weighted by Crippen LogP contribution is -2.14. The number of benzene rings is 2. The number of amides is 1. The summed E-state index contributed by atoms with van der Waals surface area (Å²) in [4.78, 5) is 31.8. The van der Waals surface area contributed by atoms with E-state index >= 15 is 0 Å². The quantitative estimate of drug-likeness (QED) is 0.654. The molecule has 0 bridgehead atoms. The Bertz CT molecular complexity index is 1030. The van der Waals surface area contributed by atoms with Gasteiger partial charge >= 0.3 is 5.97 Å². The van der Waals surface area contributed by atoms with Crippen molar-refractivity contribution in [1.82, 2.24) is 9.97 Å². The van der Waals surface area contributed by atoms with Crippen LogP contribution in [-0.2, 0) is 4.74 Å². The molecular formula is C19H14F2N4O3. The van der Waals surface area contributed by atoms with Gasteiger partial charge in [0.25, 0.3) is 5.91 Å². The van der Waals surface area contributed by atoms with E-state index in [9.17, 15) is 18.4 Å². The van der Waals surface area contributed by atoms with Gasteiger partial charge in [0.15, 0.2) is 11.6 Å². The van der Waals surface area contributed by atoms with Crippen molar-refractivity contribution in [3.63, 3.8) is 0 Å². The number of nitrogens with zero attached hydrogens (tertiary/aromatic N) is 2. The highest BCUT2D eigenvalue weighted by Crippen LogP contribution is 2.17. The van der Waals surface area contributed by atoms with Crippen LogP contribution in [0.5, 0.6) is 0 Å². The minimum atomic E-state index is -0.997. The Balaban J connectivity index is 1.68. The first-order chi connectivity index (χ1) is 13.5. The average molecular weight is 384 g/mol. The number of nitrogens with one attached hydrogen (secondary N) is 2. The molecule has 3 rings (SSSR count). The predicted octanol–water partition coefficient (Wildman–Crippen LogP) is 3.54. The molecule has 0 unspecified atom stereocenters. The van der Waals surface area contributed by atoms with Gasteiger partial charge < -0.3 is 15.4 Å². The first-order valence-electron chi connectivity index (χ1n) is 8.00. The Labute approximate surface area is 158 Å². The van der Waals surface area contributed by atoms with Gasteiger partial charge in [-0.3, -0.25) is 4.79 Å². The Hall–Kier alpha value is -3.88. The van der Waals surface area contributed by atoms with Crippen LogP contribution in [0.15, 0.2) is 54.9 Å². The SMILES string of the molecule is COC(=O)c1cccc(NC(=O)c2cnc(Nc3ccc(F)c(F)c3)cn2)c1. The van der Waals surface area contributed by atoms with Gasteiger partial charge in [-0.2, -0.15) is 0 Å². The number of methoxy groups -OCH3 is 1. The molecule has 0 aliphatic rings. The Morgan fingerprint density at radius 3 is 2.46 bits per heavy atom. The molecule has 2 aromatic carbocycles. The minimum absolute atomic E-state index is 0.0271. The van der Waals surface area contributed by atoms with E-state index in [0.717, 1.165) is 12.1 Å². The monoisotopic (exact) mass is 384 g/mol. The number of carbonyl (C=O) groups is 2. The number of aromatic nitrogens is 2. The summed E-state index contributed by atoms with van der Waals surface area (Å²) in [7, 11) is 1.26. The molecule has 0 radical (unpaired) electrons. The van der Waals surface area contributed by atoms with E-state index in [0.29, 0.717) is 5.69 Å². The number of ether oxygens (including phenoxy) is 1. The van der Waals surface area contributed by atoms with Crippen molar-refractivity contribution in [3.8, 4) is 0 Å². The van der Waals surface area contributed by atoms with Crippen molar-refractivity contribution < 1.29 is 23.1 Å². The molecule has 3 aromatic rings. The normalized spacial score (nSPS) is 10.2. The van der Waals surface area contributed by atoms with E-state index in [-0.39, 0.29) is 22.8 Å². The molecule has 142 valence electrons. The van der Waals surface area contributed by atoms with E-state index in [1.165, 1.54) is 31.6 Å². The van der Waals surface area contributed by atoms with Gasteiger partial charge in [-0.25, -0.2) is 23.5 Å². The zero-order chi connectivity index (χ0) is 20.1. The zero-order valence-corrected chi connectivity index (χ0v) is 14.6. The van der Waals surface area contributed by atoms with Crippen LogP contribution >= 0.6 is 0 Å². The summed E-state index contributed by atoms with van der Waals surface area (Å²) in [5, 5.41) is 5.35. The molecule has 0 fully saturated rings. The fourth-order valence-corrected chi connectivity index (χ4v) is 2.27. The third-order valence-electron chi connectivity index (χ3n) is 3.62. The molecule has 28 heavy (non-hydrogen) atoms. The molecule has 1 heterocycles. The minimum Gasteiger partial charge on any atom is -0.465 e. The van der Waals surface area contributed by atoms with Crippen LogP contribution in [0.1, 0.15) is 20.8 Å². The number of esters is 1. The summed E-state index contributed by atoms with van der Waals surface area (Å²) >= 11 is 0. The number of halogens is 2. The molecule has 2 N–H and O–H groups in total. The summed E-state index contributed by atoms with van der Waals surface area (Å²) in [6, 6.07) is 9.53. The molecule has 7 nitrogen and oxygen atoms in total. The van der Waals surface area contributed by atoms with Gasteiger partial charge in [0.2, 0.25) is 0 Å². The predicted molar refractivity (Wildman–Crippen MR) is 97.4 cm³/mol. The summed E-state index contributed by atoms with van der Waals surface area (Å²) in [6.45, 7) is 0. The number of carbonyl (C=O) groups excluding carboxylic acids is 2. The lowest BCUT2D eigenvalue weighted by molar-refractivity contribution is 0.0600. The van der Waals surface area contributed by atoms with Crippen LogP contribution in [0.3, 0.4) is 0 Å². The summed E-state index contributed by atoms with van der Waals surface area (Å²) < 4.78 is 30.8. The van der Waals surface area contributed by atoms with Crippen LogP contribution < -0.4 is 10.6 Å². The van der Waals surface area contributed by atoms with Crippen molar-refractivity contribution in [1.29, 1.82) is 0 Å². The van der Waals surface area contributed by atoms with Crippen molar-refractivity contribution in [2.24, 2.45) is 0 Å². The van der Waals surface area contributed by atoms with Crippen molar-refractivity contribution in [2.75, 3.05) is 17.7 Å². The zero-order valence-electron chi connectivity index (χ0n) is 14.6. The Kier molecular flexibility index (Phi) is 5.54. The van der Waals surface area contributed by atoms with Gasteiger partial charge in [0.05, 0.1) is 25.1 Å². The number of anilines is 3. The van der Waals surface area contributed by atoms with Crippen molar-refractivity contribution in [2.45, 2.75) is 0 Å². The number of hydrogen-bond acceptors (Lipinski definition) is 6. The Morgan fingerprint density at radius 2 is 1.79 bits per heavy atom. The molecule has 0 aliphatic heterocycles. The lowest BCUT2D eigenvalue weighted by Gasteiger charge is -2.08. The maximum absolute atomic E-state index is 13.2. The van der Waals surface area contributed by atoms with E-state index in [4.69, 9.17) is 0 Å². The van der Waals surface area contributed by atoms with Crippen molar-refractivity contribution >= 4 is 29.1 Å². The maximum atomic E-state index is 13.2. The molecule has 1 aromatic heterocycles. The standard InChI is InChI=1S/C19H14F2N4O3/c1-28-19(27)11-3-2-4-12(7-11)25-18(26)16-9-23-17(10-22-16)24-13-5-6-14(20)15(21)8-13/h2-10H,1H3,(H,23,24)(H,25,26). The first-order valence-corrected chi connectivity index (χ1v) is 8.00. The van der Waals surface area contributed by atoms with Gasteiger partial charge in [-0.05, 0) is 30.3 Å². The maximum Gasteiger partial charge on any atom is 0.337 e. The molecule has 1 amide bonds.